The summed E-state index contributed by atoms with van der Waals surface area (Å²) in [5, 5.41) is 2.85. The van der Waals surface area contributed by atoms with Crippen LogP contribution in [0.2, 0.25) is 0 Å². The molecule has 0 radical (unpaired) electrons. The van der Waals surface area contributed by atoms with Gasteiger partial charge in [-0.2, -0.15) is 9.37 Å². The molecule has 126 valence electrons. The van der Waals surface area contributed by atoms with Crippen LogP contribution in [-0.2, 0) is 4.79 Å². The molecule has 2 N–H and O–H groups in total. The van der Waals surface area contributed by atoms with Gasteiger partial charge >= 0.3 is 5.69 Å². The van der Waals surface area contributed by atoms with Crippen molar-refractivity contribution < 1.29 is 13.9 Å². The van der Waals surface area contributed by atoms with E-state index >= 15 is 0 Å². The molecule has 2 unspecified atom stereocenters. The molecule has 0 spiro atoms. The molecule has 1 amide bonds. The maximum atomic E-state index is 13.3. The minimum atomic E-state index is -0.794. The Morgan fingerprint density at radius 1 is 1.35 bits per heavy atom. The molecule has 2 atom stereocenters. The van der Waals surface area contributed by atoms with Crippen molar-refractivity contribution in [2.75, 3.05) is 13.2 Å². The standard InChI is InChI=1S/C16H22FN3O3/c17-13-8-19-16(22)20-15(13)23-9-14(21)18-7-12-5-10-2-1-3-11(4-10)6-12/h8,10-12H,1-7,9H2,(H,18,21)(H,19,20,22). The van der Waals surface area contributed by atoms with Gasteiger partial charge in [0.05, 0.1) is 0 Å². The highest BCUT2D eigenvalue weighted by Crippen LogP contribution is 2.42. The lowest BCUT2D eigenvalue weighted by Gasteiger charge is -2.39. The van der Waals surface area contributed by atoms with Gasteiger partial charge in [0.25, 0.3) is 11.8 Å². The topological polar surface area (TPSA) is 84.1 Å². The van der Waals surface area contributed by atoms with Crippen molar-refractivity contribution in [3.05, 3.63) is 22.5 Å². The first-order valence-electron chi connectivity index (χ1n) is 8.25. The number of carbonyl (C=O) groups excluding carboxylic acids is 1. The summed E-state index contributed by atoms with van der Waals surface area (Å²) >= 11 is 0. The van der Waals surface area contributed by atoms with Crippen LogP contribution in [0.4, 0.5) is 4.39 Å². The van der Waals surface area contributed by atoms with E-state index in [9.17, 15) is 14.0 Å². The van der Waals surface area contributed by atoms with Crippen molar-refractivity contribution in [2.24, 2.45) is 17.8 Å². The number of rotatable bonds is 5. The summed E-state index contributed by atoms with van der Waals surface area (Å²) in [6.07, 6.45) is 8.56. The molecule has 3 rings (SSSR count). The Kier molecular flexibility index (Phi) is 4.93. The summed E-state index contributed by atoms with van der Waals surface area (Å²) in [5.41, 5.74) is -0.712. The zero-order valence-corrected chi connectivity index (χ0v) is 13.0. The Bertz CT molecular complexity index is 607. The number of amides is 1. The van der Waals surface area contributed by atoms with Crippen molar-refractivity contribution in [2.45, 2.75) is 38.5 Å². The number of fused-ring (bicyclic) bond motifs is 2. The normalized spacial score (nSPS) is 26.6. The summed E-state index contributed by atoms with van der Waals surface area (Å²) in [6, 6.07) is 0. The number of aromatic amines is 1. The number of nitrogens with one attached hydrogen (secondary N) is 2. The first kappa shape index (κ1) is 16.0. The number of carbonyl (C=O) groups is 1. The summed E-state index contributed by atoms with van der Waals surface area (Å²) in [4.78, 5) is 28.3. The van der Waals surface area contributed by atoms with Gasteiger partial charge in [-0.25, -0.2) is 4.79 Å². The van der Waals surface area contributed by atoms with E-state index in [1.165, 1.54) is 38.5 Å². The molecular weight excluding hydrogens is 301 g/mol. The SMILES string of the molecule is O=C(COc1nc(=O)[nH]cc1F)NCC1CC2CCCC(C2)C1. The fourth-order valence-electron chi connectivity index (χ4n) is 3.95. The first-order valence-corrected chi connectivity index (χ1v) is 8.25. The smallest absolute Gasteiger partial charge is 0.348 e. The van der Waals surface area contributed by atoms with Crippen molar-refractivity contribution in [1.82, 2.24) is 15.3 Å². The van der Waals surface area contributed by atoms with Crippen LogP contribution in [-0.4, -0.2) is 29.0 Å². The number of halogens is 1. The Morgan fingerprint density at radius 3 is 2.83 bits per heavy atom. The van der Waals surface area contributed by atoms with E-state index < -0.39 is 17.4 Å². The number of nitrogens with zero attached hydrogens (tertiary/aromatic N) is 1. The molecule has 6 nitrogen and oxygen atoms in total. The Morgan fingerprint density at radius 2 is 2.09 bits per heavy atom. The summed E-state index contributed by atoms with van der Waals surface area (Å²) in [6.45, 7) is 0.299. The van der Waals surface area contributed by atoms with Crippen LogP contribution in [0.15, 0.2) is 11.0 Å². The second kappa shape index (κ2) is 7.10. The number of aromatic nitrogens is 2. The Labute approximate surface area is 133 Å². The van der Waals surface area contributed by atoms with Crippen LogP contribution >= 0.6 is 0 Å². The zero-order valence-electron chi connectivity index (χ0n) is 13.0. The molecule has 1 aromatic rings. The zero-order chi connectivity index (χ0) is 16.2. The van der Waals surface area contributed by atoms with E-state index in [4.69, 9.17) is 4.74 Å². The molecule has 1 heterocycles. The number of hydrogen-bond acceptors (Lipinski definition) is 4. The summed E-state index contributed by atoms with van der Waals surface area (Å²) < 4.78 is 18.3. The third-order valence-corrected chi connectivity index (χ3v) is 4.88. The molecule has 2 aliphatic carbocycles. The van der Waals surface area contributed by atoms with Crippen molar-refractivity contribution >= 4 is 5.91 Å². The Hall–Kier alpha value is -1.92. The molecular formula is C16H22FN3O3. The summed E-state index contributed by atoms with van der Waals surface area (Å²) in [5.74, 6) is 0.596. The summed E-state index contributed by atoms with van der Waals surface area (Å²) in [7, 11) is 0. The average molecular weight is 323 g/mol. The maximum Gasteiger partial charge on any atom is 0.348 e. The van der Waals surface area contributed by atoms with Crippen LogP contribution in [0.25, 0.3) is 0 Å². The monoisotopic (exact) mass is 323 g/mol. The number of ether oxygens (including phenoxy) is 1. The van der Waals surface area contributed by atoms with Crippen molar-refractivity contribution in [1.29, 1.82) is 0 Å². The minimum Gasteiger partial charge on any atom is -0.465 e. The van der Waals surface area contributed by atoms with Crippen LogP contribution in [0.1, 0.15) is 38.5 Å². The van der Waals surface area contributed by atoms with Crippen LogP contribution in [0.5, 0.6) is 5.88 Å². The quantitative estimate of drug-likeness (QED) is 0.862. The van der Waals surface area contributed by atoms with E-state index in [0.717, 1.165) is 18.0 Å². The van der Waals surface area contributed by atoms with Gasteiger partial charge < -0.3 is 15.0 Å². The predicted molar refractivity (Wildman–Crippen MR) is 81.5 cm³/mol. The van der Waals surface area contributed by atoms with Gasteiger partial charge in [-0.05, 0) is 37.0 Å². The van der Waals surface area contributed by atoms with Gasteiger partial charge in [0.1, 0.15) is 0 Å². The van der Waals surface area contributed by atoms with E-state index in [2.05, 4.69) is 15.3 Å². The lowest BCUT2D eigenvalue weighted by atomic mass is 9.68. The lowest BCUT2D eigenvalue weighted by Crippen LogP contribution is -2.37. The van der Waals surface area contributed by atoms with Crippen LogP contribution < -0.4 is 15.7 Å². The molecule has 0 aliphatic heterocycles. The highest BCUT2D eigenvalue weighted by molar-refractivity contribution is 5.77. The van der Waals surface area contributed by atoms with Crippen LogP contribution in [0.3, 0.4) is 0 Å². The van der Waals surface area contributed by atoms with Crippen LogP contribution in [0, 0.1) is 23.6 Å². The van der Waals surface area contributed by atoms with E-state index in [-0.39, 0.29) is 12.5 Å². The first-order chi connectivity index (χ1) is 11.1. The molecule has 2 fully saturated rings. The van der Waals surface area contributed by atoms with Gasteiger partial charge in [-0.1, -0.05) is 19.3 Å². The number of hydrogen-bond donors (Lipinski definition) is 2. The lowest BCUT2D eigenvalue weighted by molar-refractivity contribution is -0.123. The second-order valence-corrected chi connectivity index (χ2v) is 6.69. The second-order valence-electron chi connectivity index (χ2n) is 6.69. The van der Waals surface area contributed by atoms with Gasteiger partial charge in [0.15, 0.2) is 6.61 Å². The minimum absolute atomic E-state index is 0.317. The fraction of sp³-hybridized carbons (Fsp3) is 0.688. The molecule has 1 aromatic heterocycles. The largest absolute Gasteiger partial charge is 0.465 e. The van der Waals surface area contributed by atoms with Gasteiger partial charge in [0, 0.05) is 12.7 Å². The molecule has 0 aromatic carbocycles. The van der Waals surface area contributed by atoms with E-state index in [1.54, 1.807) is 0 Å². The third kappa shape index (κ3) is 4.30. The van der Waals surface area contributed by atoms with Gasteiger partial charge in [-0.15, -0.1) is 0 Å². The highest BCUT2D eigenvalue weighted by atomic mass is 19.1. The maximum absolute atomic E-state index is 13.3. The molecule has 7 heteroatoms. The highest BCUT2D eigenvalue weighted by Gasteiger charge is 2.31. The predicted octanol–water partition coefficient (Wildman–Crippen LogP) is 1.62. The van der Waals surface area contributed by atoms with E-state index in [1.807, 2.05) is 0 Å². The van der Waals surface area contributed by atoms with Crippen molar-refractivity contribution in [3.8, 4) is 5.88 Å². The molecule has 2 bridgehead atoms. The molecule has 2 aliphatic rings. The van der Waals surface area contributed by atoms with E-state index in [0.29, 0.717) is 12.5 Å². The van der Waals surface area contributed by atoms with Gasteiger partial charge in [-0.3, -0.25) is 4.79 Å². The van der Waals surface area contributed by atoms with Gasteiger partial charge in [0.2, 0.25) is 5.82 Å². The average Bonchev–Trinajstić information content (AvgIpc) is 2.53. The molecule has 2 saturated carbocycles. The molecule has 23 heavy (non-hydrogen) atoms. The third-order valence-electron chi connectivity index (χ3n) is 4.88. The Balaban J connectivity index is 1.43. The fourth-order valence-corrected chi connectivity index (χ4v) is 3.95. The number of H-pyrrole nitrogens is 1. The van der Waals surface area contributed by atoms with Crippen molar-refractivity contribution in [3.63, 3.8) is 0 Å². The molecule has 0 saturated heterocycles.